The first-order valence-corrected chi connectivity index (χ1v) is 7.65. The van der Waals surface area contributed by atoms with E-state index in [2.05, 4.69) is 27.8 Å². The second kappa shape index (κ2) is 6.60. The number of nitrogens with one attached hydrogen (secondary N) is 2. The van der Waals surface area contributed by atoms with Crippen LogP contribution in [0.1, 0.15) is 32.6 Å². The highest BCUT2D eigenvalue weighted by molar-refractivity contribution is 5.90. The molecule has 2 aromatic rings. The topological polar surface area (TPSA) is 80.0 Å². The lowest BCUT2D eigenvalue weighted by molar-refractivity contribution is 0.239. The van der Waals surface area contributed by atoms with Gasteiger partial charge in [0.1, 0.15) is 0 Å². The van der Waals surface area contributed by atoms with Gasteiger partial charge in [0.2, 0.25) is 12.3 Å². The highest BCUT2D eigenvalue weighted by Crippen LogP contribution is 2.24. The number of aromatic nitrogens is 2. The summed E-state index contributed by atoms with van der Waals surface area (Å²) in [6.45, 7) is 2.26. The van der Waals surface area contributed by atoms with E-state index in [1.165, 1.54) is 19.2 Å². The summed E-state index contributed by atoms with van der Waals surface area (Å²) in [5, 5.41) is 13.4. The van der Waals surface area contributed by atoms with E-state index in [-0.39, 0.29) is 12.1 Å². The second-order valence-electron chi connectivity index (χ2n) is 5.88. The van der Waals surface area contributed by atoms with Gasteiger partial charge in [-0.3, -0.25) is 0 Å². The standard InChI is InChI=1S/C16H20N4O2/c1-11-5-7-13(8-6-11)18-16(21)19-14-4-2-3-12(9-14)15-20-17-10-22-15/h2-4,9-11,13H,5-8H2,1H3,(H2,18,19,21). The monoisotopic (exact) mass is 300 g/mol. The maximum Gasteiger partial charge on any atom is 0.319 e. The van der Waals surface area contributed by atoms with Crippen molar-refractivity contribution in [1.29, 1.82) is 0 Å². The highest BCUT2D eigenvalue weighted by atomic mass is 16.4. The molecular formula is C16H20N4O2. The lowest BCUT2D eigenvalue weighted by Gasteiger charge is -2.26. The predicted octanol–water partition coefficient (Wildman–Crippen LogP) is 3.44. The average molecular weight is 300 g/mol. The molecular weight excluding hydrogens is 280 g/mol. The van der Waals surface area contributed by atoms with Gasteiger partial charge in [0.15, 0.2) is 0 Å². The summed E-state index contributed by atoms with van der Waals surface area (Å²) in [6, 6.07) is 7.46. The van der Waals surface area contributed by atoms with E-state index in [1.807, 2.05) is 24.3 Å². The minimum Gasteiger partial charge on any atom is -0.423 e. The van der Waals surface area contributed by atoms with Crippen molar-refractivity contribution in [2.45, 2.75) is 38.6 Å². The molecule has 1 aromatic carbocycles. The Kier molecular flexibility index (Phi) is 4.37. The van der Waals surface area contributed by atoms with Gasteiger partial charge < -0.3 is 15.1 Å². The number of hydrogen-bond donors (Lipinski definition) is 2. The van der Waals surface area contributed by atoms with Gasteiger partial charge in [0.25, 0.3) is 0 Å². The lowest BCUT2D eigenvalue weighted by atomic mass is 9.87. The summed E-state index contributed by atoms with van der Waals surface area (Å²) < 4.78 is 5.16. The zero-order valence-corrected chi connectivity index (χ0v) is 12.6. The van der Waals surface area contributed by atoms with Crippen LogP contribution in [0.3, 0.4) is 0 Å². The molecule has 3 rings (SSSR count). The number of carbonyl (C=O) groups excluding carboxylic acids is 1. The van der Waals surface area contributed by atoms with E-state index in [4.69, 9.17) is 4.42 Å². The first-order chi connectivity index (χ1) is 10.7. The zero-order chi connectivity index (χ0) is 15.4. The van der Waals surface area contributed by atoms with Crippen LogP contribution in [-0.2, 0) is 0 Å². The number of rotatable bonds is 3. The van der Waals surface area contributed by atoms with E-state index in [1.54, 1.807) is 0 Å². The molecule has 1 heterocycles. The smallest absolute Gasteiger partial charge is 0.319 e. The number of urea groups is 1. The molecule has 6 nitrogen and oxygen atoms in total. The van der Waals surface area contributed by atoms with E-state index in [0.717, 1.165) is 24.3 Å². The molecule has 0 spiro atoms. The maximum atomic E-state index is 12.1. The van der Waals surface area contributed by atoms with Gasteiger partial charge in [-0.2, -0.15) is 0 Å². The first-order valence-electron chi connectivity index (χ1n) is 7.65. The van der Waals surface area contributed by atoms with Gasteiger partial charge >= 0.3 is 6.03 Å². The molecule has 1 aliphatic rings. The Labute approximate surface area is 129 Å². The Morgan fingerprint density at radius 3 is 2.82 bits per heavy atom. The molecule has 1 saturated carbocycles. The van der Waals surface area contributed by atoms with Crippen molar-refractivity contribution in [3.8, 4) is 11.5 Å². The molecule has 6 heteroatoms. The molecule has 0 bridgehead atoms. The summed E-state index contributed by atoms with van der Waals surface area (Å²) in [6.07, 6.45) is 5.74. The minimum absolute atomic E-state index is 0.165. The van der Waals surface area contributed by atoms with Gasteiger partial charge in [0.05, 0.1) is 0 Å². The number of hydrogen-bond acceptors (Lipinski definition) is 4. The summed E-state index contributed by atoms with van der Waals surface area (Å²) >= 11 is 0. The van der Waals surface area contributed by atoms with E-state index >= 15 is 0 Å². The molecule has 1 aromatic heterocycles. The highest BCUT2D eigenvalue weighted by Gasteiger charge is 2.19. The SMILES string of the molecule is CC1CCC(NC(=O)Nc2cccc(-c3nnco3)c2)CC1. The van der Waals surface area contributed by atoms with Crippen LogP contribution in [0, 0.1) is 5.92 Å². The number of nitrogens with zero attached hydrogens (tertiary/aromatic N) is 2. The van der Waals surface area contributed by atoms with Crippen molar-refractivity contribution in [3.63, 3.8) is 0 Å². The van der Waals surface area contributed by atoms with Crippen LogP contribution < -0.4 is 10.6 Å². The Morgan fingerprint density at radius 2 is 2.09 bits per heavy atom. The predicted molar refractivity (Wildman–Crippen MR) is 83.3 cm³/mol. The van der Waals surface area contributed by atoms with Gasteiger partial charge in [-0.15, -0.1) is 10.2 Å². The molecule has 116 valence electrons. The molecule has 0 unspecified atom stereocenters. The van der Waals surface area contributed by atoms with E-state index < -0.39 is 0 Å². The summed E-state index contributed by atoms with van der Waals surface area (Å²) in [7, 11) is 0. The quantitative estimate of drug-likeness (QED) is 0.910. The van der Waals surface area contributed by atoms with Crippen molar-refractivity contribution in [2.75, 3.05) is 5.32 Å². The van der Waals surface area contributed by atoms with Crippen LogP contribution in [0.5, 0.6) is 0 Å². The van der Waals surface area contributed by atoms with Crippen LogP contribution in [0.2, 0.25) is 0 Å². The minimum atomic E-state index is -0.165. The Balaban J connectivity index is 1.58. The lowest BCUT2D eigenvalue weighted by Crippen LogP contribution is -2.39. The third kappa shape index (κ3) is 3.63. The van der Waals surface area contributed by atoms with Crippen LogP contribution in [-0.4, -0.2) is 22.3 Å². The van der Waals surface area contributed by atoms with Gasteiger partial charge in [0, 0.05) is 17.3 Å². The number of anilines is 1. The number of amides is 2. The fourth-order valence-electron chi connectivity index (χ4n) is 2.79. The molecule has 1 aliphatic carbocycles. The Bertz CT molecular complexity index is 619. The van der Waals surface area contributed by atoms with Crippen molar-refractivity contribution < 1.29 is 9.21 Å². The van der Waals surface area contributed by atoms with Gasteiger partial charge in [-0.05, 0) is 49.8 Å². The van der Waals surface area contributed by atoms with Crippen LogP contribution in [0.25, 0.3) is 11.5 Å². The fourth-order valence-corrected chi connectivity index (χ4v) is 2.79. The average Bonchev–Trinajstić information content (AvgIpc) is 3.04. The zero-order valence-electron chi connectivity index (χ0n) is 12.6. The summed E-state index contributed by atoms with van der Waals surface area (Å²) in [5.74, 6) is 1.21. The first kappa shape index (κ1) is 14.6. The number of benzene rings is 1. The fraction of sp³-hybridized carbons (Fsp3) is 0.438. The van der Waals surface area contributed by atoms with E-state index in [9.17, 15) is 4.79 Å². The Hall–Kier alpha value is -2.37. The van der Waals surface area contributed by atoms with Gasteiger partial charge in [-0.1, -0.05) is 13.0 Å². The third-order valence-corrected chi connectivity index (χ3v) is 4.08. The second-order valence-corrected chi connectivity index (χ2v) is 5.88. The van der Waals surface area contributed by atoms with Crippen LogP contribution >= 0.6 is 0 Å². The molecule has 0 radical (unpaired) electrons. The molecule has 2 N–H and O–H groups in total. The molecule has 0 saturated heterocycles. The van der Waals surface area contributed by atoms with Crippen molar-refractivity contribution >= 4 is 11.7 Å². The molecule has 22 heavy (non-hydrogen) atoms. The molecule has 0 aliphatic heterocycles. The molecule has 1 fully saturated rings. The third-order valence-electron chi connectivity index (χ3n) is 4.08. The van der Waals surface area contributed by atoms with Gasteiger partial charge in [-0.25, -0.2) is 4.79 Å². The van der Waals surface area contributed by atoms with Crippen LogP contribution in [0.4, 0.5) is 10.5 Å². The van der Waals surface area contributed by atoms with E-state index in [0.29, 0.717) is 11.6 Å². The maximum absolute atomic E-state index is 12.1. The van der Waals surface area contributed by atoms with Crippen molar-refractivity contribution in [2.24, 2.45) is 5.92 Å². The molecule has 0 atom stereocenters. The van der Waals surface area contributed by atoms with Crippen molar-refractivity contribution in [3.05, 3.63) is 30.7 Å². The normalized spacial score (nSPS) is 21.3. The molecule has 2 amide bonds. The summed E-state index contributed by atoms with van der Waals surface area (Å²) in [4.78, 5) is 12.1. The largest absolute Gasteiger partial charge is 0.423 e. The number of carbonyl (C=O) groups is 1. The Morgan fingerprint density at radius 1 is 1.27 bits per heavy atom. The summed E-state index contributed by atoms with van der Waals surface area (Å²) in [5.41, 5.74) is 1.49. The van der Waals surface area contributed by atoms with Crippen molar-refractivity contribution in [1.82, 2.24) is 15.5 Å². The van der Waals surface area contributed by atoms with Crippen LogP contribution in [0.15, 0.2) is 35.1 Å².